The van der Waals surface area contributed by atoms with E-state index < -0.39 is 5.54 Å². The number of cyclic esters (lactones) is 1. The van der Waals surface area contributed by atoms with E-state index in [1.54, 1.807) is 21.9 Å². The van der Waals surface area contributed by atoms with Crippen molar-refractivity contribution in [2.75, 3.05) is 26.2 Å². The van der Waals surface area contributed by atoms with Gasteiger partial charge in [-0.2, -0.15) is 0 Å². The number of hydrogen-bond acceptors (Lipinski definition) is 4. The van der Waals surface area contributed by atoms with E-state index >= 15 is 0 Å². The molecule has 0 aliphatic carbocycles. The van der Waals surface area contributed by atoms with Gasteiger partial charge < -0.3 is 14.4 Å². The Morgan fingerprint density at radius 3 is 2.40 bits per heavy atom. The molecule has 0 spiro atoms. The molecule has 2 amide bonds. The molecule has 2 aromatic carbocycles. The molecule has 2 aliphatic heterocycles. The maximum atomic E-state index is 13.5. The maximum absolute atomic E-state index is 13.5. The molecule has 0 aromatic heterocycles. The number of halogens is 1. The number of ether oxygens (including phenoxy) is 2. The van der Waals surface area contributed by atoms with Crippen molar-refractivity contribution >= 4 is 12.2 Å². The fraction of sp³-hybridized carbons (Fsp3) is 0.391. The van der Waals surface area contributed by atoms with Gasteiger partial charge in [0.25, 0.3) is 0 Å². The van der Waals surface area contributed by atoms with E-state index in [2.05, 4.69) is 0 Å². The molecule has 0 bridgehead atoms. The lowest BCUT2D eigenvalue weighted by molar-refractivity contribution is -0.0137. The van der Waals surface area contributed by atoms with E-state index in [1.807, 2.05) is 30.3 Å². The minimum absolute atomic E-state index is 0.220. The Balaban J connectivity index is 1.48. The first-order chi connectivity index (χ1) is 14.6. The predicted octanol–water partition coefficient (Wildman–Crippen LogP) is 4.30. The second-order valence-electron chi connectivity index (χ2n) is 7.69. The number of carbonyl (C=O) groups is 2. The van der Waals surface area contributed by atoms with Crippen molar-refractivity contribution in [2.24, 2.45) is 0 Å². The third-order valence-electron chi connectivity index (χ3n) is 5.92. The fourth-order valence-electron chi connectivity index (χ4n) is 4.28. The van der Waals surface area contributed by atoms with E-state index in [9.17, 15) is 14.0 Å². The molecule has 6 nitrogen and oxygen atoms in total. The molecule has 30 heavy (non-hydrogen) atoms. The molecule has 158 valence electrons. The average molecular weight is 412 g/mol. The van der Waals surface area contributed by atoms with Gasteiger partial charge in [-0.05, 0) is 42.5 Å². The molecule has 7 heteroatoms. The summed E-state index contributed by atoms with van der Waals surface area (Å²) in [5.74, 6) is -0.322. The van der Waals surface area contributed by atoms with Crippen LogP contribution in [0.3, 0.4) is 0 Å². The number of benzene rings is 2. The van der Waals surface area contributed by atoms with E-state index in [4.69, 9.17) is 9.47 Å². The minimum Gasteiger partial charge on any atom is -0.449 e. The summed E-state index contributed by atoms with van der Waals surface area (Å²) in [6, 6.07) is 15.8. The number of likely N-dealkylation sites (tertiary alicyclic amines) is 1. The summed E-state index contributed by atoms with van der Waals surface area (Å²) in [6.45, 7) is 2.09. The molecule has 2 fully saturated rings. The summed E-state index contributed by atoms with van der Waals surface area (Å²) < 4.78 is 24.3. The Hall–Kier alpha value is -3.09. The van der Waals surface area contributed by atoms with Gasteiger partial charge >= 0.3 is 12.2 Å². The zero-order valence-corrected chi connectivity index (χ0v) is 16.8. The van der Waals surface area contributed by atoms with Crippen LogP contribution in [-0.4, -0.2) is 48.2 Å². The maximum Gasteiger partial charge on any atom is 0.410 e. The highest BCUT2D eigenvalue weighted by Crippen LogP contribution is 2.40. The van der Waals surface area contributed by atoms with Crippen molar-refractivity contribution in [3.8, 4) is 0 Å². The first kappa shape index (κ1) is 20.2. The smallest absolute Gasteiger partial charge is 0.410 e. The van der Waals surface area contributed by atoms with E-state index in [1.165, 1.54) is 12.1 Å². The molecule has 0 N–H and O–H groups in total. The number of piperidine rings is 1. The van der Waals surface area contributed by atoms with Crippen LogP contribution in [0.1, 0.15) is 30.4 Å². The van der Waals surface area contributed by atoms with Crippen LogP contribution in [0, 0.1) is 5.82 Å². The van der Waals surface area contributed by atoms with Crippen LogP contribution < -0.4 is 0 Å². The highest BCUT2D eigenvalue weighted by atomic mass is 19.1. The number of carbonyl (C=O) groups excluding carboxylic acids is 2. The molecule has 2 heterocycles. The van der Waals surface area contributed by atoms with Crippen molar-refractivity contribution in [2.45, 2.75) is 31.4 Å². The molecule has 2 saturated heterocycles. The predicted molar refractivity (Wildman–Crippen MR) is 108 cm³/mol. The molecule has 4 rings (SSSR count). The topological polar surface area (TPSA) is 59.1 Å². The summed E-state index contributed by atoms with van der Waals surface area (Å²) in [4.78, 5) is 28.5. The SMILES string of the molecule is O=C(OCc1ccccc1)N1CCC(c2ccc(F)cc2)(N2CCCOC2=O)CC1. The Labute approximate surface area is 175 Å². The average Bonchev–Trinajstić information content (AvgIpc) is 2.79. The summed E-state index contributed by atoms with van der Waals surface area (Å²) in [6.07, 6.45) is 1.10. The third kappa shape index (κ3) is 4.10. The lowest BCUT2D eigenvalue weighted by Crippen LogP contribution is -2.57. The number of rotatable bonds is 4. The normalized spacial score (nSPS) is 18.6. The molecule has 2 aliphatic rings. The van der Waals surface area contributed by atoms with Crippen molar-refractivity contribution in [1.82, 2.24) is 9.80 Å². The fourth-order valence-corrected chi connectivity index (χ4v) is 4.28. The monoisotopic (exact) mass is 412 g/mol. The molecule has 0 saturated carbocycles. The molecule has 2 aromatic rings. The first-order valence-electron chi connectivity index (χ1n) is 10.2. The molecule has 0 radical (unpaired) electrons. The van der Waals surface area contributed by atoms with Gasteiger partial charge in [0.1, 0.15) is 12.4 Å². The molecular formula is C23H25FN2O4. The summed E-state index contributed by atoms with van der Waals surface area (Å²) >= 11 is 0. The Morgan fingerprint density at radius 2 is 1.73 bits per heavy atom. The van der Waals surface area contributed by atoms with Crippen LogP contribution in [0.2, 0.25) is 0 Å². The number of hydrogen-bond donors (Lipinski definition) is 0. The standard InChI is InChI=1S/C23H25FN2O4/c24-20-9-7-19(8-10-20)23(26-13-4-16-29-22(26)28)11-14-25(15-12-23)21(27)30-17-18-5-2-1-3-6-18/h1-3,5-10H,4,11-17H2. The van der Waals surface area contributed by atoms with Gasteiger partial charge in [-0.25, -0.2) is 14.0 Å². The van der Waals surface area contributed by atoms with Crippen LogP contribution >= 0.6 is 0 Å². The highest BCUT2D eigenvalue weighted by Gasteiger charge is 2.46. The van der Waals surface area contributed by atoms with E-state index in [0.717, 1.165) is 17.5 Å². The lowest BCUT2D eigenvalue weighted by Gasteiger charge is -2.49. The quantitative estimate of drug-likeness (QED) is 0.752. The van der Waals surface area contributed by atoms with Gasteiger partial charge in [-0.15, -0.1) is 0 Å². The van der Waals surface area contributed by atoms with Crippen LogP contribution in [0.15, 0.2) is 54.6 Å². The van der Waals surface area contributed by atoms with Gasteiger partial charge in [0.15, 0.2) is 0 Å². The van der Waals surface area contributed by atoms with Gasteiger partial charge in [-0.1, -0.05) is 42.5 Å². The second kappa shape index (κ2) is 8.73. The number of amides is 2. The largest absolute Gasteiger partial charge is 0.449 e. The minimum atomic E-state index is -0.624. The molecule has 0 unspecified atom stereocenters. The lowest BCUT2D eigenvalue weighted by atomic mass is 9.79. The highest BCUT2D eigenvalue weighted by molar-refractivity contribution is 5.71. The van der Waals surface area contributed by atoms with Crippen LogP contribution in [-0.2, 0) is 21.6 Å². The zero-order valence-electron chi connectivity index (χ0n) is 16.8. The van der Waals surface area contributed by atoms with Crippen LogP contribution in [0.4, 0.5) is 14.0 Å². The summed E-state index contributed by atoms with van der Waals surface area (Å²) in [5, 5.41) is 0. The van der Waals surface area contributed by atoms with Crippen LogP contribution in [0.25, 0.3) is 0 Å². The summed E-state index contributed by atoms with van der Waals surface area (Å²) in [5.41, 5.74) is 1.17. The van der Waals surface area contributed by atoms with Crippen LogP contribution in [0.5, 0.6) is 0 Å². The van der Waals surface area contributed by atoms with Crippen molar-refractivity contribution in [3.05, 3.63) is 71.5 Å². The van der Waals surface area contributed by atoms with Crippen molar-refractivity contribution < 1.29 is 23.5 Å². The Bertz CT molecular complexity index is 880. The van der Waals surface area contributed by atoms with Gasteiger partial charge in [-0.3, -0.25) is 4.90 Å². The van der Waals surface area contributed by atoms with Gasteiger partial charge in [0.2, 0.25) is 0 Å². The van der Waals surface area contributed by atoms with E-state index in [-0.39, 0.29) is 24.6 Å². The molecule has 0 atom stereocenters. The third-order valence-corrected chi connectivity index (χ3v) is 5.92. The first-order valence-corrected chi connectivity index (χ1v) is 10.2. The zero-order chi connectivity index (χ0) is 21.0. The Kier molecular flexibility index (Phi) is 5.88. The Morgan fingerprint density at radius 1 is 1.03 bits per heavy atom. The van der Waals surface area contributed by atoms with Crippen molar-refractivity contribution in [1.29, 1.82) is 0 Å². The number of nitrogens with zero attached hydrogens (tertiary/aromatic N) is 2. The van der Waals surface area contributed by atoms with Gasteiger partial charge in [0, 0.05) is 19.6 Å². The molecular weight excluding hydrogens is 387 g/mol. The summed E-state index contributed by atoms with van der Waals surface area (Å²) in [7, 11) is 0. The van der Waals surface area contributed by atoms with Crippen molar-refractivity contribution in [3.63, 3.8) is 0 Å². The second-order valence-corrected chi connectivity index (χ2v) is 7.69. The van der Waals surface area contributed by atoms with E-state index in [0.29, 0.717) is 39.1 Å². The van der Waals surface area contributed by atoms with Gasteiger partial charge in [0.05, 0.1) is 12.1 Å².